The van der Waals surface area contributed by atoms with Gasteiger partial charge < -0.3 is 9.47 Å². The third kappa shape index (κ3) is 3.78. The summed E-state index contributed by atoms with van der Waals surface area (Å²) in [5.74, 6) is 1.10. The Morgan fingerprint density at radius 1 is 0.964 bits per heavy atom. The summed E-state index contributed by atoms with van der Waals surface area (Å²) >= 11 is 6.30. The molecule has 0 saturated carbocycles. The smallest absolute Gasteiger partial charge is 0.114 e. The Hall–Kier alpha value is -2.36. The third-order valence-electron chi connectivity index (χ3n) is 5.55. The molecule has 0 amide bonds. The summed E-state index contributed by atoms with van der Waals surface area (Å²) in [5, 5.41) is 3.33. The van der Waals surface area contributed by atoms with E-state index in [1.165, 1.54) is 16.3 Å². The van der Waals surface area contributed by atoms with Crippen LogP contribution in [0.3, 0.4) is 0 Å². The minimum atomic E-state index is 0.758. The lowest BCUT2D eigenvalue weighted by Crippen LogP contribution is -2.27. The predicted molar refractivity (Wildman–Crippen MR) is 119 cm³/mol. The molecule has 0 spiro atoms. The van der Waals surface area contributed by atoms with Gasteiger partial charge in [0.1, 0.15) is 5.82 Å². The Morgan fingerprint density at radius 3 is 2.57 bits per heavy atom. The molecule has 0 aliphatic heterocycles. The fourth-order valence-electron chi connectivity index (χ4n) is 3.93. The molecule has 0 N–H and O–H groups in total. The molecule has 1 heterocycles. The maximum atomic E-state index is 6.30. The van der Waals surface area contributed by atoms with E-state index in [9.17, 15) is 0 Å². The molecule has 144 valence electrons. The molecule has 0 unspecified atom stereocenters. The molecule has 0 atom stereocenters. The van der Waals surface area contributed by atoms with Crippen LogP contribution < -0.4 is 0 Å². The number of benzene rings is 3. The van der Waals surface area contributed by atoms with Gasteiger partial charge in [0.05, 0.1) is 11.0 Å². The standard InChI is InChI=1S/C24H26ClN3/c1-3-27(4-2)14-15-28-23-17-20(25)12-13-22(23)26-24(28)16-19-10-7-9-18-8-5-6-11-21(18)19/h5-13,17H,3-4,14-16H2,1-2H3. The van der Waals surface area contributed by atoms with Gasteiger partial charge in [-0.05, 0) is 47.6 Å². The van der Waals surface area contributed by atoms with Crippen LogP contribution in [-0.2, 0) is 13.0 Å². The molecule has 3 aromatic carbocycles. The molecule has 0 aliphatic carbocycles. The molecule has 0 bridgehead atoms. The molecule has 0 aliphatic rings. The first kappa shape index (κ1) is 19.0. The van der Waals surface area contributed by atoms with Crippen molar-refractivity contribution in [2.45, 2.75) is 26.8 Å². The van der Waals surface area contributed by atoms with Gasteiger partial charge >= 0.3 is 0 Å². The van der Waals surface area contributed by atoms with E-state index in [2.05, 4.69) is 65.8 Å². The van der Waals surface area contributed by atoms with E-state index in [0.717, 1.165) is 54.5 Å². The quantitative estimate of drug-likeness (QED) is 0.398. The van der Waals surface area contributed by atoms with Gasteiger partial charge in [-0.3, -0.25) is 0 Å². The number of nitrogens with zero attached hydrogens (tertiary/aromatic N) is 3. The van der Waals surface area contributed by atoms with E-state index in [4.69, 9.17) is 16.6 Å². The molecule has 3 nitrogen and oxygen atoms in total. The molecule has 0 fully saturated rings. The topological polar surface area (TPSA) is 21.1 Å². The second kappa shape index (κ2) is 8.34. The van der Waals surface area contributed by atoms with Gasteiger partial charge in [-0.15, -0.1) is 0 Å². The molecular weight excluding hydrogens is 366 g/mol. The van der Waals surface area contributed by atoms with Crippen LogP contribution in [0.4, 0.5) is 0 Å². The predicted octanol–water partition coefficient (Wildman–Crippen LogP) is 5.78. The second-order valence-corrected chi connectivity index (χ2v) is 7.59. The highest BCUT2D eigenvalue weighted by Crippen LogP contribution is 2.25. The van der Waals surface area contributed by atoms with Crippen LogP contribution in [-0.4, -0.2) is 34.1 Å². The number of imidazole rings is 1. The molecule has 4 rings (SSSR count). The normalized spacial score (nSPS) is 11.7. The number of hydrogen-bond donors (Lipinski definition) is 0. The maximum Gasteiger partial charge on any atom is 0.114 e. The van der Waals surface area contributed by atoms with Crippen LogP contribution in [0.1, 0.15) is 25.2 Å². The van der Waals surface area contributed by atoms with Crippen LogP contribution in [0.25, 0.3) is 21.8 Å². The average Bonchev–Trinajstić information content (AvgIpc) is 3.05. The van der Waals surface area contributed by atoms with E-state index in [-0.39, 0.29) is 0 Å². The van der Waals surface area contributed by atoms with Gasteiger partial charge in [0.15, 0.2) is 0 Å². The molecular formula is C24H26ClN3. The molecule has 4 heteroatoms. The zero-order valence-electron chi connectivity index (χ0n) is 16.5. The Kier molecular flexibility index (Phi) is 5.65. The first-order chi connectivity index (χ1) is 13.7. The van der Waals surface area contributed by atoms with Gasteiger partial charge in [-0.25, -0.2) is 4.98 Å². The van der Waals surface area contributed by atoms with E-state index in [0.29, 0.717) is 0 Å². The first-order valence-electron chi connectivity index (χ1n) is 10.0. The van der Waals surface area contributed by atoms with E-state index in [1.54, 1.807) is 0 Å². The number of hydrogen-bond acceptors (Lipinski definition) is 2. The van der Waals surface area contributed by atoms with E-state index >= 15 is 0 Å². The van der Waals surface area contributed by atoms with Crippen molar-refractivity contribution in [3.8, 4) is 0 Å². The lowest BCUT2D eigenvalue weighted by Gasteiger charge is -2.19. The zero-order valence-corrected chi connectivity index (χ0v) is 17.3. The van der Waals surface area contributed by atoms with Crippen molar-refractivity contribution >= 4 is 33.4 Å². The molecule has 4 aromatic rings. The minimum absolute atomic E-state index is 0.758. The largest absolute Gasteiger partial charge is 0.326 e. The SMILES string of the molecule is CCN(CC)CCn1c(Cc2cccc3ccccc23)nc2ccc(Cl)cc21. The van der Waals surface area contributed by atoms with Crippen molar-refractivity contribution in [3.63, 3.8) is 0 Å². The van der Waals surface area contributed by atoms with Crippen LogP contribution in [0.2, 0.25) is 5.02 Å². The lowest BCUT2D eigenvalue weighted by atomic mass is 10.0. The van der Waals surface area contributed by atoms with Gasteiger partial charge in [0.2, 0.25) is 0 Å². The van der Waals surface area contributed by atoms with Gasteiger partial charge in [-0.2, -0.15) is 0 Å². The van der Waals surface area contributed by atoms with Crippen LogP contribution >= 0.6 is 11.6 Å². The Balaban J connectivity index is 1.76. The summed E-state index contributed by atoms with van der Waals surface area (Å²) in [4.78, 5) is 7.41. The second-order valence-electron chi connectivity index (χ2n) is 7.15. The van der Waals surface area contributed by atoms with Crippen molar-refractivity contribution in [2.24, 2.45) is 0 Å². The number of fused-ring (bicyclic) bond motifs is 2. The minimum Gasteiger partial charge on any atom is -0.326 e. The van der Waals surface area contributed by atoms with Crippen molar-refractivity contribution in [2.75, 3.05) is 19.6 Å². The monoisotopic (exact) mass is 391 g/mol. The fraction of sp³-hybridized carbons (Fsp3) is 0.292. The van der Waals surface area contributed by atoms with Crippen molar-refractivity contribution < 1.29 is 0 Å². The maximum absolute atomic E-state index is 6.30. The highest BCUT2D eigenvalue weighted by molar-refractivity contribution is 6.31. The fourth-order valence-corrected chi connectivity index (χ4v) is 4.09. The third-order valence-corrected chi connectivity index (χ3v) is 5.79. The Morgan fingerprint density at radius 2 is 1.75 bits per heavy atom. The first-order valence-corrected chi connectivity index (χ1v) is 10.4. The average molecular weight is 392 g/mol. The van der Waals surface area contributed by atoms with Gasteiger partial charge in [0.25, 0.3) is 0 Å². The Bertz CT molecular complexity index is 1090. The van der Waals surface area contributed by atoms with Gasteiger partial charge in [-0.1, -0.05) is 67.9 Å². The van der Waals surface area contributed by atoms with Crippen LogP contribution in [0.15, 0.2) is 60.7 Å². The number of halogens is 1. The van der Waals surface area contributed by atoms with Crippen LogP contribution in [0.5, 0.6) is 0 Å². The number of rotatable bonds is 7. The summed E-state index contributed by atoms with van der Waals surface area (Å²) < 4.78 is 2.35. The van der Waals surface area contributed by atoms with Crippen molar-refractivity contribution in [3.05, 3.63) is 77.1 Å². The number of likely N-dealkylation sites (N-methyl/N-ethyl adjacent to an activating group) is 1. The molecule has 1 aromatic heterocycles. The highest BCUT2D eigenvalue weighted by Gasteiger charge is 2.14. The molecule has 0 saturated heterocycles. The Labute approximate surface area is 171 Å². The van der Waals surface area contributed by atoms with E-state index < -0.39 is 0 Å². The summed E-state index contributed by atoms with van der Waals surface area (Å²) in [6.45, 7) is 8.46. The summed E-state index contributed by atoms with van der Waals surface area (Å²) in [6, 6.07) is 21.1. The molecule has 28 heavy (non-hydrogen) atoms. The lowest BCUT2D eigenvalue weighted by molar-refractivity contribution is 0.291. The van der Waals surface area contributed by atoms with E-state index in [1.807, 2.05) is 18.2 Å². The molecule has 0 radical (unpaired) electrons. The summed E-state index contributed by atoms with van der Waals surface area (Å²) in [5.41, 5.74) is 3.44. The summed E-state index contributed by atoms with van der Waals surface area (Å²) in [6.07, 6.45) is 0.811. The zero-order chi connectivity index (χ0) is 19.5. The van der Waals surface area contributed by atoms with Crippen LogP contribution in [0, 0.1) is 0 Å². The number of aromatic nitrogens is 2. The summed E-state index contributed by atoms with van der Waals surface area (Å²) in [7, 11) is 0. The highest BCUT2D eigenvalue weighted by atomic mass is 35.5. The van der Waals surface area contributed by atoms with Gasteiger partial charge in [0, 0.05) is 24.5 Å². The van der Waals surface area contributed by atoms with Crippen molar-refractivity contribution in [1.82, 2.24) is 14.5 Å². The van der Waals surface area contributed by atoms with Crippen molar-refractivity contribution in [1.29, 1.82) is 0 Å².